The minimum Gasteiger partial charge on any atom is -0.377 e. The average molecular weight is 307 g/mol. The molecule has 5 heteroatoms. The Labute approximate surface area is 124 Å². The van der Waals surface area contributed by atoms with Gasteiger partial charge in [-0.15, -0.1) is 23.2 Å². The molecule has 1 saturated heterocycles. The molecule has 2 fully saturated rings. The highest BCUT2D eigenvalue weighted by atomic mass is 35.5. The summed E-state index contributed by atoms with van der Waals surface area (Å²) in [4.78, 5) is 0. The largest absolute Gasteiger partial charge is 0.377 e. The Morgan fingerprint density at radius 1 is 1.32 bits per heavy atom. The van der Waals surface area contributed by atoms with Crippen LogP contribution in [0.5, 0.6) is 0 Å². The molecule has 2 bridgehead atoms. The molecular weight excluding hydrogens is 287 g/mol. The van der Waals surface area contributed by atoms with E-state index in [0.717, 1.165) is 5.92 Å². The minimum atomic E-state index is -0.129. The summed E-state index contributed by atoms with van der Waals surface area (Å²) >= 11 is 11.5. The molecule has 6 atom stereocenters. The van der Waals surface area contributed by atoms with Crippen LogP contribution < -0.4 is 0 Å². The molecule has 19 heavy (non-hydrogen) atoms. The summed E-state index contributed by atoms with van der Waals surface area (Å²) in [5, 5.41) is -0.129. The van der Waals surface area contributed by atoms with Gasteiger partial charge in [0.1, 0.15) is 6.10 Å². The molecule has 3 nitrogen and oxygen atoms in total. The lowest BCUT2D eigenvalue weighted by atomic mass is 9.93. The second-order valence-corrected chi connectivity index (χ2v) is 6.62. The summed E-state index contributed by atoms with van der Waals surface area (Å²) < 4.78 is 17.3. The van der Waals surface area contributed by atoms with Crippen molar-refractivity contribution in [3.63, 3.8) is 0 Å². The van der Waals surface area contributed by atoms with Crippen LogP contribution in [0.2, 0.25) is 0 Å². The van der Waals surface area contributed by atoms with Crippen molar-refractivity contribution in [3.05, 3.63) is 12.2 Å². The van der Waals surface area contributed by atoms with Gasteiger partial charge in [0, 0.05) is 11.8 Å². The molecule has 0 radical (unpaired) electrons. The van der Waals surface area contributed by atoms with Crippen LogP contribution in [0.25, 0.3) is 0 Å². The Hall–Kier alpha value is 0.200. The molecular formula is C14H20Cl2O3. The molecule has 0 aromatic carbocycles. The normalized spacial score (nSPS) is 42.1. The predicted molar refractivity (Wildman–Crippen MR) is 74.6 cm³/mol. The maximum Gasteiger partial charge on any atom is 0.161 e. The van der Waals surface area contributed by atoms with Crippen LogP contribution >= 0.6 is 23.2 Å². The van der Waals surface area contributed by atoms with E-state index in [1.165, 1.54) is 12.8 Å². The van der Waals surface area contributed by atoms with Crippen LogP contribution in [0.1, 0.15) is 12.8 Å². The van der Waals surface area contributed by atoms with Crippen molar-refractivity contribution >= 4 is 23.2 Å². The summed E-state index contributed by atoms with van der Waals surface area (Å²) in [5.41, 5.74) is 0. The lowest BCUT2D eigenvalue weighted by Crippen LogP contribution is -2.27. The Kier molecular flexibility index (Phi) is 4.70. The van der Waals surface area contributed by atoms with Crippen LogP contribution in [0.3, 0.4) is 0 Å². The fourth-order valence-electron chi connectivity index (χ4n) is 3.29. The number of halogens is 2. The Balaban J connectivity index is 1.40. The van der Waals surface area contributed by atoms with Crippen molar-refractivity contribution in [1.29, 1.82) is 0 Å². The highest BCUT2D eigenvalue weighted by molar-refractivity contribution is 6.28. The van der Waals surface area contributed by atoms with Gasteiger partial charge >= 0.3 is 0 Å². The summed E-state index contributed by atoms with van der Waals surface area (Å²) in [7, 11) is 0. The van der Waals surface area contributed by atoms with Gasteiger partial charge in [-0.1, -0.05) is 12.2 Å². The third-order valence-electron chi connectivity index (χ3n) is 4.22. The van der Waals surface area contributed by atoms with Crippen LogP contribution in [-0.2, 0) is 14.2 Å². The summed E-state index contributed by atoms with van der Waals surface area (Å²) in [6.45, 7) is 1.62. The molecule has 0 unspecified atom stereocenters. The SMILES string of the molecule is ClC[C@H](Cl)COC[C@@H]1CO[C@@H]([C@@H]2C[C@H]3C=C[C@H]2C3)O1. The Morgan fingerprint density at radius 3 is 2.89 bits per heavy atom. The minimum absolute atomic E-state index is 0.0345. The number of alkyl halides is 2. The first kappa shape index (κ1) is 14.2. The van der Waals surface area contributed by atoms with E-state index in [9.17, 15) is 0 Å². The van der Waals surface area contributed by atoms with Gasteiger partial charge in [0.05, 0.1) is 25.2 Å². The first-order valence-corrected chi connectivity index (χ1v) is 7.96. The molecule has 0 N–H and O–H groups in total. The number of hydrogen-bond donors (Lipinski definition) is 0. The zero-order valence-electron chi connectivity index (χ0n) is 10.8. The fraction of sp³-hybridized carbons (Fsp3) is 0.857. The van der Waals surface area contributed by atoms with Crippen molar-refractivity contribution in [2.45, 2.75) is 30.6 Å². The second-order valence-electron chi connectivity index (χ2n) is 5.69. The number of allylic oxidation sites excluding steroid dienone is 2. The summed E-state index contributed by atoms with van der Waals surface area (Å²) in [5.74, 6) is 2.34. The van der Waals surface area contributed by atoms with Crippen LogP contribution in [0.15, 0.2) is 12.2 Å². The van der Waals surface area contributed by atoms with Crippen molar-refractivity contribution in [2.24, 2.45) is 17.8 Å². The number of rotatable bonds is 6. The zero-order valence-corrected chi connectivity index (χ0v) is 12.4. The molecule has 0 spiro atoms. The lowest BCUT2D eigenvalue weighted by Gasteiger charge is -2.23. The Bertz CT molecular complexity index is 337. The van der Waals surface area contributed by atoms with Gasteiger partial charge in [-0.25, -0.2) is 0 Å². The van der Waals surface area contributed by atoms with Gasteiger partial charge in [-0.05, 0) is 24.7 Å². The molecule has 3 aliphatic rings. The number of fused-ring (bicyclic) bond motifs is 2. The average Bonchev–Trinajstić information content (AvgIpc) is 3.13. The van der Waals surface area contributed by atoms with Gasteiger partial charge in [-0.3, -0.25) is 0 Å². The molecule has 1 heterocycles. The smallest absolute Gasteiger partial charge is 0.161 e. The second kappa shape index (κ2) is 6.31. The topological polar surface area (TPSA) is 27.7 Å². The van der Waals surface area contributed by atoms with E-state index in [4.69, 9.17) is 37.4 Å². The fourth-order valence-corrected chi connectivity index (χ4v) is 3.47. The maximum atomic E-state index is 5.96. The standard InChI is InChI=1S/C14H20Cl2O3/c15-5-11(16)6-17-7-12-8-18-14(19-12)13-4-9-1-2-10(13)3-9/h1-2,9-14H,3-8H2/t9-,10-,11-,12+,13+,14+/m0/s1. The monoisotopic (exact) mass is 306 g/mol. The number of ether oxygens (including phenoxy) is 3. The van der Waals surface area contributed by atoms with Crippen molar-refractivity contribution in [3.8, 4) is 0 Å². The molecule has 3 rings (SSSR count). The highest BCUT2D eigenvalue weighted by Gasteiger charge is 2.44. The quantitative estimate of drug-likeness (QED) is 0.558. The van der Waals surface area contributed by atoms with E-state index >= 15 is 0 Å². The van der Waals surface area contributed by atoms with E-state index < -0.39 is 0 Å². The number of hydrogen-bond acceptors (Lipinski definition) is 3. The first-order chi connectivity index (χ1) is 9.26. The van der Waals surface area contributed by atoms with E-state index in [0.29, 0.717) is 37.5 Å². The summed E-state index contributed by atoms with van der Waals surface area (Å²) in [6.07, 6.45) is 7.13. The predicted octanol–water partition coefficient (Wildman–Crippen LogP) is 2.80. The van der Waals surface area contributed by atoms with E-state index in [-0.39, 0.29) is 17.8 Å². The first-order valence-electron chi connectivity index (χ1n) is 6.99. The van der Waals surface area contributed by atoms with Gasteiger partial charge in [-0.2, -0.15) is 0 Å². The lowest BCUT2D eigenvalue weighted by molar-refractivity contribution is -0.111. The molecule has 1 saturated carbocycles. The molecule has 0 aromatic rings. The van der Waals surface area contributed by atoms with E-state index in [2.05, 4.69) is 12.2 Å². The molecule has 0 amide bonds. The van der Waals surface area contributed by atoms with Crippen molar-refractivity contribution < 1.29 is 14.2 Å². The zero-order chi connectivity index (χ0) is 13.2. The van der Waals surface area contributed by atoms with E-state index in [1.54, 1.807) is 0 Å². The van der Waals surface area contributed by atoms with Gasteiger partial charge in [0.15, 0.2) is 6.29 Å². The third-order valence-corrected chi connectivity index (χ3v) is 5.03. The molecule has 1 aliphatic heterocycles. The van der Waals surface area contributed by atoms with Crippen LogP contribution in [0, 0.1) is 17.8 Å². The molecule has 0 aromatic heterocycles. The van der Waals surface area contributed by atoms with Gasteiger partial charge in [0.2, 0.25) is 0 Å². The van der Waals surface area contributed by atoms with Gasteiger partial charge in [0.25, 0.3) is 0 Å². The molecule has 2 aliphatic carbocycles. The summed E-state index contributed by atoms with van der Waals surface area (Å²) in [6, 6.07) is 0. The molecule has 108 valence electrons. The van der Waals surface area contributed by atoms with Crippen molar-refractivity contribution in [1.82, 2.24) is 0 Å². The van der Waals surface area contributed by atoms with Crippen LogP contribution in [-0.4, -0.2) is 43.5 Å². The van der Waals surface area contributed by atoms with Gasteiger partial charge < -0.3 is 14.2 Å². The van der Waals surface area contributed by atoms with Crippen molar-refractivity contribution in [2.75, 3.05) is 25.7 Å². The van der Waals surface area contributed by atoms with Crippen LogP contribution in [0.4, 0.5) is 0 Å². The highest BCUT2D eigenvalue weighted by Crippen LogP contribution is 2.46. The Morgan fingerprint density at radius 2 is 2.21 bits per heavy atom. The third kappa shape index (κ3) is 3.27. The van der Waals surface area contributed by atoms with E-state index in [1.807, 2.05) is 0 Å². The maximum absolute atomic E-state index is 5.96.